The highest BCUT2D eigenvalue weighted by atomic mass is 19.4. The number of nitrogens with zero attached hydrogens (tertiary/aromatic N) is 1. The van der Waals surface area contributed by atoms with E-state index in [0.29, 0.717) is 12.0 Å². The third kappa shape index (κ3) is 7.05. The molecule has 1 aliphatic heterocycles. The fraction of sp³-hybridized carbons (Fsp3) is 0.394. The molecule has 0 spiro atoms. The maximum Gasteiger partial charge on any atom is 0.416 e. The highest BCUT2D eigenvalue weighted by Crippen LogP contribution is 2.43. The first-order chi connectivity index (χ1) is 21.0. The Labute approximate surface area is 254 Å². The molecule has 2 amide bonds. The Bertz CT molecular complexity index is 1420. The Kier molecular flexibility index (Phi) is 10.3. The van der Waals surface area contributed by atoms with Crippen LogP contribution in [0.3, 0.4) is 0 Å². The Morgan fingerprint density at radius 1 is 0.955 bits per heavy atom. The molecule has 1 saturated heterocycles. The second-order valence-corrected chi connectivity index (χ2v) is 11.0. The van der Waals surface area contributed by atoms with Gasteiger partial charge in [0.2, 0.25) is 5.91 Å². The first-order valence-corrected chi connectivity index (χ1v) is 14.3. The fourth-order valence-electron chi connectivity index (χ4n) is 5.67. The molecule has 2 N–H and O–H groups in total. The van der Waals surface area contributed by atoms with Crippen LogP contribution in [-0.2, 0) is 39.3 Å². The van der Waals surface area contributed by atoms with Gasteiger partial charge in [-0.2, -0.15) is 13.2 Å². The molecule has 3 aromatic rings. The fourth-order valence-corrected chi connectivity index (χ4v) is 5.67. The lowest BCUT2D eigenvalue weighted by atomic mass is 9.74. The highest BCUT2D eigenvalue weighted by Gasteiger charge is 2.54. The first-order valence-electron chi connectivity index (χ1n) is 14.3. The van der Waals surface area contributed by atoms with Crippen molar-refractivity contribution in [1.29, 1.82) is 0 Å². The number of carbonyl (C=O) groups excluding carboxylic acids is 2. The molecule has 3 atom stereocenters. The number of alkyl halides is 4. The molecule has 0 aromatic heterocycles. The molecule has 236 valence electrons. The van der Waals surface area contributed by atoms with Crippen LogP contribution >= 0.6 is 0 Å². The quantitative estimate of drug-likeness (QED) is 0.263. The molecule has 4 rings (SSSR count). The smallest absolute Gasteiger partial charge is 0.416 e. The summed E-state index contributed by atoms with van der Waals surface area (Å²) in [5, 5.41) is 5.77. The average Bonchev–Trinajstić information content (AvgIpc) is 3.05. The van der Waals surface area contributed by atoms with Crippen LogP contribution in [-0.4, -0.2) is 49.7 Å². The number of likely N-dealkylation sites (tertiary alicyclic amines) is 1. The van der Waals surface area contributed by atoms with Gasteiger partial charge in [0.05, 0.1) is 30.4 Å². The molecular weight excluding hydrogens is 578 g/mol. The maximum atomic E-state index is 14.0. The van der Waals surface area contributed by atoms with Crippen molar-refractivity contribution < 1.29 is 36.6 Å². The SMILES string of the molecule is CNC(=O)C1(NC)CC[C@@](CO[C@H](C)c2cc(CF)cc(C(F)(F)F)c2)(c2ccccc2)N(C(=O)OCc2ccccc2)C1. The van der Waals surface area contributed by atoms with E-state index in [9.17, 15) is 27.2 Å². The molecular formula is C33H37F4N3O4. The van der Waals surface area contributed by atoms with Crippen LogP contribution in [0, 0.1) is 0 Å². The summed E-state index contributed by atoms with van der Waals surface area (Å²) < 4.78 is 66.3. The largest absolute Gasteiger partial charge is 0.445 e. The minimum absolute atomic E-state index is 0.0128. The second kappa shape index (κ2) is 13.8. The Morgan fingerprint density at radius 2 is 1.61 bits per heavy atom. The summed E-state index contributed by atoms with van der Waals surface area (Å²) >= 11 is 0. The Balaban J connectivity index is 1.73. The van der Waals surface area contributed by atoms with E-state index in [0.717, 1.165) is 17.7 Å². The van der Waals surface area contributed by atoms with Crippen LogP contribution < -0.4 is 10.6 Å². The van der Waals surface area contributed by atoms with Crippen molar-refractivity contribution >= 4 is 12.0 Å². The first kappa shape index (κ1) is 32.9. The van der Waals surface area contributed by atoms with Gasteiger partial charge in [-0.25, -0.2) is 9.18 Å². The molecule has 3 aromatic carbocycles. The summed E-state index contributed by atoms with van der Waals surface area (Å²) in [5.41, 5.74) is -1.74. The highest BCUT2D eigenvalue weighted by molar-refractivity contribution is 5.87. The van der Waals surface area contributed by atoms with E-state index in [-0.39, 0.29) is 43.2 Å². The number of ether oxygens (including phenoxy) is 2. The van der Waals surface area contributed by atoms with Crippen LogP contribution in [0.2, 0.25) is 0 Å². The number of piperidine rings is 1. The molecule has 0 radical (unpaired) electrons. The molecule has 11 heteroatoms. The average molecular weight is 616 g/mol. The van der Waals surface area contributed by atoms with Gasteiger partial charge in [0.1, 0.15) is 18.8 Å². The van der Waals surface area contributed by atoms with E-state index in [2.05, 4.69) is 10.6 Å². The molecule has 0 saturated carbocycles. The number of halogens is 4. The van der Waals surface area contributed by atoms with E-state index >= 15 is 0 Å². The monoisotopic (exact) mass is 615 g/mol. The second-order valence-electron chi connectivity index (χ2n) is 11.0. The number of hydrogen-bond acceptors (Lipinski definition) is 5. The molecule has 7 nitrogen and oxygen atoms in total. The number of benzene rings is 3. The number of likely N-dealkylation sites (N-methyl/N-ethyl adjacent to an activating group) is 2. The van der Waals surface area contributed by atoms with E-state index in [1.165, 1.54) is 18.0 Å². The zero-order valence-electron chi connectivity index (χ0n) is 24.9. The van der Waals surface area contributed by atoms with Crippen molar-refractivity contribution in [3.8, 4) is 0 Å². The molecule has 1 aliphatic rings. The third-order valence-corrected chi connectivity index (χ3v) is 8.33. The summed E-state index contributed by atoms with van der Waals surface area (Å²) in [6, 6.07) is 21.3. The number of carbonyl (C=O) groups is 2. The van der Waals surface area contributed by atoms with E-state index < -0.39 is 41.7 Å². The van der Waals surface area contributed by atoms with Crippen molar-refractivity contribution in [3.05, 3.63) is 107 Å². The lowest BCUT2D eigenvalue weighted by Gasteiger charge is -2.52. The molecule has 1 unspecified atom stereocenters. The lowest BCUT2D eigenvalue weighted by molar-refractivity contribution is -0.138. The summed E-state index contributed by atoms with van der Waals surface area (Å²) in [6.45, 7) is 0.303. The molecule has 44 heavy (non-hydrogen) atoms. The van der Waals surface area contributed by atoms with Gasteiger partial charge in [-0.05, 0) is 61.2 Å². The van der Waals surface area contributed by atoms with Gasteiger partial charge in [-0.15, -0.1) is 0 Å². The van der Waals surface area contributed by atoms with Crippen LogP contribution in [0.1, 0.15) is 53.7 Å². The maximum absolute atomic E-state index is 14.0. The van der Waals surface area contributed by atoms with Gasteiger partial charge in [0.15, 0.2) is 0 Å². The topological polar surface area (TPSA) is 79.9 Å². The summed E-state index contributed by atoms with van der Waals surface area (Å²) in [7, 11) is 3.16. The molecule has 0 aliphatic carbocycles. The van der Waals surface area contributed by atoms with Gasteiger partial charge in [-0.1, -0.05) is 66.7 Å². The molecule has 1 fully saturated rings. The number of hydrogen-bond donors (Lipinski definition) is 2. The van der Waals surface area contributed by atoms with E-state index in [1.54, 1.807) is 14.0 Å². The minimum Gasteiger partial charge on any atom is -0.445 e. The predicted octanol–water partition coefficient (Wildman–Crippen LogP) is 6.28. The summed E-state index contributed by atoms with van der Waals surface area (Å²) in [4.78, 5) is 28.6. The predicted molar refractivity (Wildman–Crippen MR) is 157 cm³/mol. The van der Waals surface area contributed by atoms with Gasteiger partial charge < -0.3 is 20.1 Å². The van der Waals surface area contributed by atoms with Crippen molar-refractivity contribution in [3.63, 3.8) is 0 Å². The van der Waals surface area contributed by atoms with Crippen LogP contribution in [0.4, 0.5) is 22.4 Å². The van der Waals surface area contributed by atoms with Crippen molar-refractivity contribution in [2.75, 3.05) is 27.2 Å². The van der Waals surface area contributed by atoms with Gasteiger partial charge in [-0.3, -0.25) is 9.69 Å². The Hall–Kier alpha value is -3.96. The number of amides is 2. The van der Waals surface area contributed by atoms with Gasteiger partial charge in [0, 0.05) is 7.05 Å². The Morgan fingerprint density at radius 3 is 2.20 bits per heavy atom. The molecule has 1 heterocycles. The number of rotatable bonds is 10. The summed E-state index contributed by atoms with van der Waals surface area (Å²) in [6.07, 6.45) is -5.66. The molecule has 0 bridgehead atoms. The van der Waals surface area contributed by atoms with Gasteiger partial charge >= 0.3 is 12.3 Å². The number of nitrogens with one attached hydrogen (secondary N) is 2. The zero-order chi connectivity index (χ0) is 32.0. The standard InChI is InChI=1S/C33H37F4N3O4/c1-23(26-16-25(19-34)17-28(18-26)33(35,36)37)44-22-32(27-12-8-5-9-13-27)15-14-31(39-3,29(41)38-2)21-40(32)30(42)43-20-24-10-6-4-7-11-24/h4-13,16-18,23,39H,14-15,19-22H2,1-3H3,(H,38,41)/t23-,31?,32-/m1/s1. The van der Waals surface area contributed by atoms with E-state index in [1.807, 2.05) is 60.7 Å². The van der Waals surface area contributed by atoms with E-state index in [4.69, 9.17) is 9.47 Å². The zero-order valence-corrected chi connectivity index (χ0v) is 24.9. The third-order valence-electron chi connectivity index (χ3n) is 8.33. The van der Waals surface area contributed by atoms with Crippen molar-refractivity contribution in [1.82, 2.24) is 15.5 Å². The lowest BCUT2D eigenvalue weighted by Crippen LogP contribution is -2.69. The van der Waals surface area contributed by atoms with Crippen molar-refractivity contribution in [2.24, 2.45) is 0 Å². The van der Waals surface area contributed by atoms with Crippen molar-refractivity contribution in [2.45, 2.75) is 56.4 Å². The minimum atomic E-state index is -4.66. The van der Waals surface area contributed by atoms with Gasteiger partial charge in [0.25, 0.3) is 0 Å². The van der Waals surface area contributed by atoms with Crippen LogP contribution in [0.15, 0.2) is 78.9 Å². The summed E-state index contributed by atoms with van der Waals surface area (Å²) in [5.74, 6) is -0.306. The van der Waals surface area contributed by atoms with Crippen LogP contribution in [0.5, 0.6) is 0 Å². The van der Waals surface area contributed by atoms with Crippen LogP contribution in [0.25, 0.3) is 0 Å². The normalized spacial score (nSPS) is 21.0.